The van der Waals surface area contributed by atoms with Gasteiger partial charge in [0.25, 0.3) is 0 Å². The van der Waals surface area contributed by atoms with E-state index in [0.29, 0.717) is 25.7 Å². The monoisotopic (exact) mass is 331 g/mol. The number of nitrogens with zero attached hydrogens (tertiary/aromatic N) is 2. The molecule has 0 radical (unpaired) electrons. The molecule has 0 saturated carbocycles. The van der Waals surface area contributed by atoms with E-state index in [0.717, 1.165) is 11.3 Å². The van der Waals surface area contributed by atoms with Crippen molar-refractivity contribution in [2.24, 2.45) is 4.99 Å². The molecule has 0 fully saturated rings. The van der Waals surface area contributed by atoms with Crippen molar-refractivity contribution in [3.05, 3.63) is 29.8 Å². The van der Waals surface area contributed by atoms with Gasteiger partial charge in [-0.15, -0.1) is 0 Å². The number of nitrogens with one attached hydrogen (secondary N) is 1. The van der Waals surface area contributed by atoms with Crippen LogP contribution in [0.2, 0.25) is 0 Å². The molecule has 0 aliphatic heterocycles. The summed E-state index contributed by atoms with van der Waals surface area (Å²) in [6.45, 7) is 5.27. The van der Waals surface area contributed by atoms with E-state index in [1.165, 1.54) is 0 Å². The predicted octanol–water partition coefficient (Wildman–Crippen LogP) is 3.44. The lowest BCUT2D eigenvalue weighted by molar-refractivity contribution is -0.132. The fourth-order valence-corrected chi connectivity index (χ4v) is 1.96. The molecule has 0 aromatic heterocycles. The van der Waals surface area contributed by atoms with Crippen LogP contribution >= 0.6 is 0 Å². The third-order valence-corrected chi connectivity index (χ3v) is 3.01. The lowest BCUT2D eigenvalue weighted by Crippen LogP contribution is -2.38. The zero-order chi connectivity index (χ0) is 17.3. The summed E-state index contributed by atoms with van der Waals surface area (Å²) in [5, 5.41) is 3.00. The molecule has 0 saturated heterocycles. The zero-order valence-corrected chi connectivity index (χ0v) is 13.8. The van der Waals surface area contributed by atoms with Crippen LogP contribution in [0.15, 0.2) is 29.3 Å². The molecular weight excluding hydrogens is 307 g/mol. The Kier molecular flexibility index (Phi) is 7.71. The van der Waals surface area contributed by atoms with Crippen LogP contribution < -0.4 is 10.1 Å². The third kappa shape index (κ3) is 7.76. The first-order chi connectivity index (χ1) is 10.9. The number of benzene rings is 1. The molecule has 1 N–H and O–H groups in total. The van der Waals surface area contributed by atoms with Gasteiger partial charge in [0, 0.05) is 20.1 Å². The number of guanidine groups is 1. The maximum Gasteiger partial charge on any atom is 0.390 e. The first kappa shape index (κ1) is 19.1. The number of alkyl halides is 3. The molecule has 0 aliphatic rings. The second kappa shape index (κ2) is 9.27. The van der Waals surface area contributed by atoms with Crippen LogP contribution in [-0.4, -0.2) is 43.8 Å². The molecule has 0 atom stereocenters. The molecule has 1 aromatic rings. The highest BCUT2D eigenvalue weighted by Gasteiger charge is 2.26. The molecule has 0 heterocycles. The molecule has 0 aliphatic carbocycles. The van der Waals surface area contributed by atoms with E-state index in [2.05, 4.69) is 10.3 Å². The van der Waals surface area contributed by atoms with Gasteiger partial charge in [-0.3, -0.25) is 4.99 Å². The Morgan fingerprint density at radius 1 is 1.22 bits per heavy atom. The minimum atomic E-state index is -4.19. The third-order valence-electron chi connectivity index (χ3n) is 3.01. The van der Waals surface area contributed by atoms with E-state index in [1.54, 1.807) is 11.9 Å². The van der Waals surface area contributed by atoms with E-state index in [4.69, 9.17) is 4.74 Å². The maximum atomic E-state index is 12.2. The van der Waals surface area contributed by atoms with E-state index >= 15 is 0 Å². The smallest absolute Gasteiger partial charge is 0.390 e. The molecule has 0 spiro atoms. The highest BCUT2D eigenvalue weighted by atomic mass is 19.4. The number of rotatable bonds is 7. The van der Waals surface area contributed by atoms with Gasteiger partial charge in [-0.2, -0.15) is 13.2 Å². The van der Waals surface area contributed by atoms with E-state index in [1.807, 2.05) is 38.1 Å². The molecule has 130 valence electrons. The summed E-state index contributed by atoms with van der Waals surface area (Å²) in [5.41, 5.74) is 1.03. The Labute approximate surface area is 135 Å². The maximum absolute atomic E-state index is 12.2. The van der Waals surface area contributed by atoms with Crippen molar-refractivity contribution in [2.45, 2.75) is 33.0 Å². The number of ether oxygens (including phenoxy) is 1. The predicted molar refractivity (Wildman–Crippen MR) is 85.7 cm³/mol. The summed E-state index contributed by atoms with van der Waals surface area (Å²) in [6, 6.07) is 7.61. The van der Waals surface area contributed by atoms with Crippen molar-refractivity contribution in [1.82, 2.24) is 10.2 Å². The van der Waals surface area contributed by atoms with Gasteiger partial charge in [-0.25, -0.2) is 0 Å². The Morgan fingerprint density at radius 2 is 1.87 bits per heavy atom. The normalized spacial score (nSPS) is 12.2. The van der Waals surface area contributed by atoms with Crippen molar-refractivity contribution < 1.29 is 17.9 Å². The summed E-state index contributed by atoms with van der Waals surface area (Å²) in [4.78, 5) is 5.83. The summed E-state index contributed by atoms with van der Waals surface area (Å²) in [6.07, 6.45) is -5.10. The second-order valence-corrected chi connectivity index (χ2v) is 5.03. The van der Waals surface area contributed by atoms with Crippen molar-refractivity contribution in [3.8, 4) is 5.75 Å². The van der Waals surface area contributed by atoms with Gasteiger partial charge < -0.3 is 15.0 Å². The van der Waals surface area contributed by atoms with Crippen molar-refractivity contribution >= 4 is 5.96 Å². The van der Waals surface area contributed by atoms with Gasteiger partial charge >= 0.3 is 6.18 Å². The molecular formula is C16H24F3N3O. The first-order valence-electron chi connectivity index (χ1n) is 7.63. The summed E-state index contributed by atoms with van der Waals surface area (Å²) >= 11 is 0. The Morgan fingerprint density at radius 3 is 2.39 bits per heavy atom. The average Bonchev–Trinajstić information content (AvgIpc) is 2.47. The lowest BCUT2D eigenvalue weighted by atomic mass is 10.2. The van der Waals surface area contributed by atoms with Crippen molar-refractivity contribution in [1.29, 1.82) is 0 Å². The second-order valence-electron chi connectivity index (χ2n) is 5.03. The van der Waals surface area contributed by atoms with Gasteiger partial charge in [0.15, 0.2) is 5.96 Å². The summed E-state index contributed by atoms with van der Waals surface area (Å²) in [5.74, 6) is 1.26. The minimum Gasteiger partial charge on any atom is -0.494 e. The number of aliphatic imine (C=N–C) groups is 1. The highest BCUT2D eigenvalue weighted by Crippen LogP contribution is 2.19. The first-order valence-corrected chi connectivity index (χ1v) is 7.63. The fraction of sp³-hybridized carbons (Fsp3) is 0.562. The molecule has 0 bridgehead atoms. The lowest BCUT2D eigenvalue weighted by Gasteiger charge is -2.22. The number of hydrogen-bond acceptors (Lipinski definition) is 2. The topological polar surface area (TPSA) is 36.9 Å². The summed E-state index contributed by atoms with van der Waals surface area (Å²) < 4.78 is 42.1. The standard InChI is InChI=1S/C16H24F3N3O/c1-4-20-15(21-11-10-16(17,18)19)22(3)12-13-6-8-14(9-7-13)23-5-2/h6-9H,4-5,10-12H2,1-3H3,(H,20,21). The van der Waals surface area contributed by atoms with Crippen LogP contribution in [0.5, 0.6) is 5.75 Å². The molecule has 7 heteroatoms. The molecule has 4 nitrogen and oxygen atoms in total. The summed E-state index contributed by atoms with van der Waals surface area (Å²) in [7, 11) is 1.80. The van der Waals surface area contributed by atoms with Crippen LogP contribution in [0, 0.1) is 0 Å². The van der Waals surface area contributed by atoms with E-state index in [-0.39, 0.29) is 6.54 Å². The molecule has 0 amide bonds. The zero-order valence-electron chi connectivity index (χ0n) is 13.8. The van der Waals surface area contributed by atoms with Gasteiger partial charge in [-0.05, 0) is 31.5 Å². The molecule has 23 heavy (non-hydrogen) atoms. The number of hydrogen-bond donors (Lipinski definition) is 1. The molecule has 0 unspecified atom stereocenters. The fourth-order valence-electron chi connectivity index (χ4n) is 1.96. The Bertz CT molecular complexity index is 486. The van der Waals surface area contributed by atoms with Gasteiger partial charge in [0.1, 0.15) is 5.75 Å². The number of halogens is 3. The van der Waals surface area contributed by atoms with Gasteiger partial charge in [-0.1, -0.05) is 12.1 Å². The van der Waals surface area contributed by atoms with Crippen LogP contribution in [0.25, 0.3) is 0 Å². The van der Waals surface area contributed by atoms with E-state index < -0.39 is 12.6 Å². The minimum absolute atomic E-state index is 0.278. The van der Waals surface area contributed by atoms with Gasteiger partial charge in [0.2, 0.25) is 0 Å². The SMILES string of the molecule is CCNC(=NCCC(F)(F)F)N(C)Cc1ccc(OCC)cc1. The van der Waals surface area contributed by atoms with Crippen LogP contribution in [0.3, 0.4) is 0 Å². The molecule has 1 aromatic carbocycles. The largest absolute Gasteiger partial charge is 0.494 e. The van der Waals surface area contributed by atoms with Crippen LogP contribution in [0.1, 0.15) is 25.8 Å². The van der Waals surface area contributed by atoms with Crippen LogP contribution in [-0.2, 0) is 6.54 Å². The highest BCUT2D eigenvalue weighted by molar-refractivity contribution is 5.79. The average molecular weight is 331 g/mol. The Hall–Kier alpha value is -1.92. The Balaban J connectivity index is 2.65. The molecule has 1 rings (SSSR count). The van der Waals surface area contributed by atoms with Crippen LogP contribution in [0.4, 0.5) is 13.2 Å². The van der Waals surface area contributed by atoms with E-state index in [9.17, 15) is 13.2 Å². The van der Waals surface area contributed by atoms with Gasteiger partial charge in [0.05, 0.1) is 19.6 Å². The quantitative estimate of drug-likeness (QED) is 0.614. The van der Waals surface area contributed by atoms with Crippen molar-refractivity contribution in [2.75, 3.05) is 26.7 Å². The van der Waals surface area contributed by atoms with Crippen molar-refractivity contribution in [3.63, 3.8) is 0 Å².